The van der Waals surface area contributed by atoms with Gasteiger partial charge in [0.25, 0.3) is 0 Å². The third-order valence-electron chi connectivity index (χ3n) is 3.96. The van der Waals surface area contributed by atoms with Gasteiger partial charge in [0.15, 0.2) is 0 Å². The minimum Gasteiger partial charge on any atom is -0.478 e. The highest BCUT2D eigenvalue weighted by Crippen LogP contribution is 2.24. The lowest BCUT2D eigenvalue weighted by Gasteiger charge is -2.09. The molecule has 0 fully saturated rings. The zero-order valence-corrected chi connectivity index (χ0v) is 15.4. The quantitative estimate of drug-likeness (QED) is 0.650. The summed E-state index contributed by atoms with van der Waals surface area (Å²) in [5.41, 5.74) is 1.53. The van der Waals surface area contributed by atoms with Gasteiger partial charge in [-0.05, 0) is 36.4 Å². The highest BCUT2D eigenvalue weighted by Gasteiger charge is 2.16. The van der Waals surface area contributed by atoms with Gasteiger partial charge in [0.05, 0.1) is 53.7 Å². The molecule has 0 bridgehead atoms. The van der Waals surface area contributed by atoms with Crippen molar-refractivity contribution >= 4 is 17.9 Å². The summed E-state index contributed by atoms with van der Waals surface area (Å²) in [7, 11) is 2.50. The molecule has 0 amide bonds. The van der Waals surface area contributed by atoms with E-state index in [-0.39, 0.29) is 33.8 Å². The Kier molecular flexibility index (Phi) is 5.59. The Morgan fingerprint density at radius 3 is 1.69 bits per heavy atom. The molecular weight excluding hydrogens is 378 g/mol. The van der Waals surface area contributed by atoms with Crippen molar-refractivity contribution in [2.75, 3.05) is 14.2 Å². The van der Waals surface area contributed by atoms with Gasteiger partial charge in [0.1, 0.15) is 0 Å². The fourth-order valence-electron chi connectivity index (χ4n) is 2.55. The zero-order valence-electron chi connectivity index (χ0n) is 15.4. The first kappa shape index (κ1) is 19.6. The molecule has 29 heavy (non-hydrogen) atoms. The van der Waals surface area contributed by atoms with E-state index >= 15 is 0 Å². The number of carbonyl (C=O) groups is 3. The topological polar surface area (TPSA) is 129 Å². The van der Waals surface area contributed by atoms with Crippen LogP contribution in [0.25, 0.3) is 22.8 Å². The van der Waals surface area contributed by atoms with Crippen molar-refractivity contribution < 1.29 is 29.0 Å². The summed E-state index contributed by atoms with van der Waals surface area (Å²) < 4.78 is 9.49. The lowest BCUT2D eigenvalue weighted by Crippen LogP contribution is -2.06. The summed E-state index contributed by atoms with van der Waals surface area (Å²) in [6.07, 6.45) is 2.75. The first-order valence-corrected chi connectivity index (χ1v) is 8.27. The van der Waals surface area contributed by atoms with Crippen molar-refractivity contribution in [1.82, 2.24) is 15.0 Å². The summed E-state index contributed by atoms with van der Waals surface area (Å²) in [4.78, 5) is 47.9. The number of aromatic carboxylic acids is 1. The molecule has 0 atom stereocenters. The first-order chi connectivity index (χ1) is 13.9. The standard InChI is InChI=1S/C20H15N3O6/c1-28-19(26)12-4-6-22-15(8-12)17-10-13(20(27)29-2)9-16(23-17)14-7-11(18(24)25)3-5-21-14/h3-10H,1-2H3,(H,24,25). The largest absolute Gasteiger partial charge is 0.478 e. The lowest BCUT2D eigenvalue weighted by molar-refractivity contribution is 0.0591. The van der Waals surface area contributed by atoms with Gasteiger partial charge >= 0.3 is 17.9 Å². The number of esters is 2. The summed E-state index contributed by atoms with van der Waals surface area (Å²) in [6.45, 7) is 0. The van der Waals surface area contributed by atoms with Crippen molar-refractivity contribution in [1.29, 1.82) is 0 Å². The van der Waals surface area contributed by atoms with Gasteiger partial charge in [-0.1, -0.05) is 0 Å². The van der Waals surface area contributed by atoms with E-state index in [1.54, 1.807) is 0 Å². The highest BCUT2D eigenvalue weighted by molar-refractivity contribution is 5.93. The third-order valence-corrected chi connectivity index (χ3v) is 3.96. The van der Waals surface area contributed by atoms with Crippen LogP contribution >= 0.6 is 0 Å². The molecule has 3 rings (SSSR count). The Morgan fingerprint density at radius 1 is 0.724 bits per heavy atom. The number of aromatic nitrogens is 3. The van der Waals surface area contributed by atoms with Crippen LogP contribution in [0.2, 0.25) is 0 Å². The van der Waals surface area contributed by atoms with E-state index < -0.39 is 17.9 Å². The molecule has 9 nitrogen and oxygen atoms in total. The van der Waals surface area contributed by atoms with Crippen LogP contribution in [0.15, 0.2) is 48.8 Å². The second-order valence-corrected chi connectivity index (χ2v) is 5.77. The third kappa shape index (κ3) is 4.24. The number of carboxylic acids is 1. The van der Waals surface area contributed by atoms with Gasteiger partial charge in [0, 0.05) is 12.4 Å². The van der Waals surface area contributed by atoms with Crippen LogP contribution in [0.1, 0.15) is 31.1 Å². The van der Waals surface area contributed by atoms with E-state index in [4.69, 9.17) is 9.47 Å². The fraction of sp³-hybridized carbons (Fsp3) is 0.100. The highest BCUT2D eigenvalue weighted by atomic mass is 16.5. The van der Waals surface area contributed by atoms with Gasteiger partial charge in [-0.3, -0.25) is 9.97 Å². The molecule has 3 aromatic heterocycles. The minimum atomic E-state index is -1.12. The number of nitrogens with zero attached hydrogens (tertiary/aromatic N) is 3. The molecule has 0 aliphatic heterocycles. The molecule has 0 aliphatic rings. The normalized spacial score (nSPS) is 10.3. The van der Waals surface area contributed by atoms with E-state index in [0.717, 1.165) is 0 Å². The van der Waals surface area contributed by atoms with Crippen LogP contribution in [0, 0.1) is 0 Å². The van der Waals surface area contributed by atoms with Crippen LogP contribution < -0.4 is 0 Å². The number of hydrogen-bond acceptors (Lipinski definition) is 8. The maximum atomic E-state index is 12.1. The second kappa shape index (κ2) is 8.26. The maximum absolute atomic E-state index is 12.1. The van der Waals surface area contributed by atoms with E-state index in [9.17, 15) is 19.5 Å². The molecule has 146 valence electrons. The summed E-state index contributed by atoms with van der Waals surface area (Å²) >= 11 is 0. The first-order valence-electron chi connectivity index (χ1n) is 8.27. The predicted molar refractivity (Wildman–Crippen MR) is 100 cm³/mol. The Labute approximate surface area is 165 Å². The zero-order chi connectivity index (χ0) is 21.0. The van der Waals surface area contributed by atoms with E-state index in [0.29, 0.717) is 5.69 Å². The SMILES string of the molecule is COC(=O)c1ccnc(-c2cc(C(=O)OC)cc(-c3cc(C(=O)O)ccn3)n2)c1. The van der Waals surface area contributed by atoms with Gasteiger partial charge in [-0.2, -0.15) is 0 Å². The lowest BCUT2D eigenvalue weighted by atomic mass is 10.1. The van der Waals surface area contributed by atoms with Gasteiger partial charge in [0.2, 0.25) is 0 Å². The Bertz CT molecular complexity index is 1110. The average molecular weight is 393 g/mol. The number of hydrogen-bond donors (Lipinski definition) is 1. The minimum absolute atomic E-state index is 0.0210. The summed E-state index contributed by atoms with van der Waals surface area (Å²) in [5.74, 6) is -2.28. The molecule has 3 heterocycles. The Balaban J connectivity index is 2.17. The van der Waals surface area contributed by atoms with E-state index in [1.807, 2.05) is 0 Å². The molecule has 0 radical (unpaired) electrons. The number of carboxylic acid groups (broad SMARTS) is 1. The monoisotopic (exact) mass is 393 g/mol. The molecule has 0 aromatic carbocycles. The maximum Gasteiger partial charge on any atom is 0.338 e. The van der Waals surface area contributed by atoms with Crippen molar-refractivity contribution in [3.05, 3.63) is 65.5 Å². The molecule has 0 unspecified atom stereocenters. The van der Waals surface area contributed by atoms with Crippen LogP contribution in [0.3, 0.4) is 0 Å². The second-order valence-electron chi connectivity index (χ2n) is 5.77. The molecular formula is C20H15N3O6. The molecule has 9 heteroatoms. The van der Waals surface area contributed by atoms with Crippen molar-refractivity contribution in [3.63, 3.8) is 0 Å². The van der Waals surface area contributed by atoms with Gasteiger partial charge in [-0.15, -0.1) is 0 Å². The van der Waals surface area contributed by atoms with Crippen LogP contribution in [-0.2, 0) is 9.47 Å². The van der Waals surface area contributed by atoms with E-state index in [2.05, 4.69) is 15.0 Å². The molecule has 3 aromatic rings. The number of rotatable bonds is 5. The van der Waals surface area contributed by atoms with Crippen molar-refractivity contribution in [3.8, 4) is 22.8 Å². The predicted octanol–water partition coefficient (Wildman–Crippen LogP) is 2.48. The molecule has 0 spiro atoms. The van der Waals surface area contributed by atoms with Crippen LogP contribution in [-0.4, -0.2) is 52.2 Å². The van der Waals surface area contributed by atoms with E-state index in [1.165, 1.54) is 63.0 Å². The fourth-order valence-corrected chi connectivity index (χ4v) is 2.55. The molecule has 1 N–H and O–H groups in total. The van der Waals surface area contributed by atoms with Crippen molar-refractivity contribution in [2.45, 2.75) is 0 Å². The average Bonchev–Trinajstić information content (AvgIpc) is 2.77. The molecule has 0 aliphatic carbocycles. The van der Waals surface area contributed by atoms with Crippen molar-refractivity contribution in [2.24, 2.45) is 0 Å². The van der Waals surface area contributed by atoms with Crippen LogP contribution in [0.4, 0.5) is 0 Å². The molecule has 0 saturated heterocycles. The smallest absolute Gasteiger partial charge is 0.338 e. The molecule has 0 saturated carbocycles. The Hall–Kier alpha value is -4.14. The Morgan fingerprint density at radius 2 is 1.17 bits per heavy atom. The van der Waals surface area contributed by atoms with Crippen LogP contribution in [0.5, 0.6) is 0 Å². The number of carbonyl (C=O) groups excluding carboxylic acids is 2. The number of methoxy groups -OCH3 is 2. The summed E-state index contributed by atoms with van der Waals surface area (Å²) in [5, 5.41) is 9.20. The van der Waals surface area contributed by atoms with Gasteiger partial charge in [-0.25, -0.2) is 19.4 Å². The van der Waals surface area contributed by atoms with Gasteiger partial charge < -0.3 is 14.6 Å². The number of ether oxygens (including phenoxy) is 2. The number of pyridine rings is 3. The summed E-state index contributed by atoms with van der Waals surface area (Å²) in [6, 6.07) is 8.54.